The van der Waals surface area contributed by atoms with Crippen LogP contribution in [0.4, 0.5) is 0 Å². The lowest BCUT2D eigenvalue weighted by molar-refractivity contribution is -0.130. The Labute approximate surface area is 122 Å². The Bertz CT molecular complexity index is 567. The van der Waals surface area contributed by atoms with Gasteiger partial charge in [-0.2, -0.15) is 15.4 Å². The first-order chi connectivity index (χ1) is 10.3. The highest BCUT2D eigenvalue weighted by Crippen LogP contribution is 2.28. The van der Waals surface area contributed by atoms with Crippen LogP contribution in [0, 0.1) is 0 Å². The van der Waals surface area contributed by atoms with Crippen LogP contribution in [-0.2, 0) is 16.0 Å². The van der Waals surface area contributed by atoms with E-state index in [0.29, 0.717) is 25.9 Å². The Morgan fingerprint density at radius 3 is 3.14 bits per heavy atom. The summed E-state index contributed by atoms with van der Waals surface area (Å²) in [5, 5.41) is 10.5. The van der Waals surface area contributed by atoms with Crippen LogP contribution in [0.3, 0.4) is 0 Å². The maximum absolute atomic E-state index is 12.3. The molecule has 0 bridgehead atoms. The highest BCUT2D eigenvalue weighted by atomic mass is 16.5. The predicted molar refractivity (Wildman–Crippen MR) is 73.5 cm³/mol. The third kappa shape index (κ3) is 2.97. The summed E-state index contributed by atoms with van der Waals surface area (Å²) in [6.07, 6.45) is 4.33. The van der Waals surface area contributed by atoms with Crippen LogP contribution in [-0.4, -0.2) is 52.5 Å². The van der Waals surface area contributed by atoms with E-state index in [9.17, 15) is 4.79 Å². The van der Waals surface area contributed by atoms with Crippen molar-refractivity contribution >= 4 is 5.91 Å². The maximum Gasteiger partial charge on any atom is 0.223 e. The number of aromatic amines is 1. The van der Waals surface area contributed by atoms with Gasteiger partial charge in [0.1, 0.15) is 5.76 Å². The van der Waals surface area contributed by atoms with Gasteiger partial charge in [0, 0.05) is 33.0 Å². The second-order valence-corrected chi connectivity index (χ2v) is 5.15. The number of aryl methyl sites for hydroxylation is 1. The largest absolute Gasteiger partial charge is 0.469 e. The Balaban J connectivity index is 1.60. The number of aromatic nitrogens is 3. The van der Waals surface area contributed by atoms with Crippen molar-refractivity contribution in [2.24, 2.45) is 0 Å². The number of carbonyl (C=O) groups excluding carboxylic acids is 1. The molecule has 1 aliphatic rings. The molecular formula is C14H18N4O3. The van der Waals surface area contributed by atoms with Gasteiger partial charge in [0.2, 0.25) is 5.91 Å². The van der Waals surface area contributed by atoms with E-state index >= 15 is 0 Å². The van der Waals surface area contributed by atoms with Crippen molar-refractivity contribution < 1.29 is 13.9 Å². The van der Waals surface area contributed by atoms with E-state index in [2.05, 4.69) is 15.4 Å². The number of H-pyrrole nitrogens is 1. The molecule has 2 aromatic rings. The van der Waals surface area contributed by atoms with E-state index in [1.807, 2.05) is 17.0 Å². The second-order valence-electron chi connectivity index (χ2n) is 5.15. The van der Waals surface area contributed by atoms with Crippen molar-refractivity contribution in [2.75, 3.05) is 20.2 Å². The minimum Gasteiger partial charge on any atom is -0.469 e. The molecule has 1 N–H and O–H groups in total. The predicted octanol–water partition coefficient (Wildman–Crippen LogP) is 0.971. The molecule has 0 spiro atoms. The molecule has 1 saturated heterocycles. The molecular weight excluding hydrogens is 272 g/mol. The number of hydrogen-bond donors (Lipinski definition) is 1. The number of methoxy groups -OCH3 is 1. The van der Waals surface area contributed by atoms with E-state index < -0.39 is 0 Å². The molecule has 7 nitrogen and oxygen atoms in total. The number of hydrogen-bond acceptors (Lipinski definition) is 5. The summed E-state index contributed by atoms with van der Waals surface area (Å²) >= 11 is 0. The summed E-state index contributed by atoms with van der Waals surface area (Å²) < 4.78 is 10.7. The summed E-state index contributed by atoms with van der Waals surface area (Å²) in [4.78, 5) is 14.1. The summed E-state index contributed by atoms with van der Waals surface area (Å²) in [5.74, 6) is 1.01. The molecule has 3 rings (SSSR count). The van der Waals surface area contributed by atoms with Crippen LogP contribution < -0.4 is 0 Å². The lowest BCUT2D eigenvalue weighted by Gasteiger charge is -2.15. The van der Waals surface area contributed by atoms with Gasteiger partial charge in [0.15, 0.2) is 0 Å². The van der Waals surface area contributed by atoms with E-state index in [1.54, 1.807) is 19.6 Å². The average molecular weight is 290 g/mol. The van der Waals surface area contributed by atoms with E-state index in [-0.39, 0.29) is 17.9 Å². The van der Waals surface area contributed by atoms with Crippen LogP contribution in [0.25, 0.3) is 0 Å². The van der Waals surface area contributed by atoms with Gasteiger partial charge in [-0.15, -0.1) is 0 Å². The quantitative estimate of drug-likeness (QED) is 0.887. The Kier molecular flexibility index (Phi) is 4.01. The molecule has 2 aromatic heterocycles. The molecule has 0 unspecified atom stereocenters. The highest BCUT2D eigenvalue weighted by Gasteiger charge is 2.37. The molecule has 2 atom stereocenters. The summed E-state index contributed by atoms with van der Waals surface area (Å²) in [7, 11) is 1.66. The zero-order valence-electron chi connectivity index (χ0n) is 11.9. The molecule has 21 heavy (non-hydrogen) atoms. The van der Waals surface area contributed by atoms with Crippen LogP contribution in [0.15, 0.2) is 29.0 Å². The topological polar surface area (TPSA) is 84.2 Å². The third-order valence-corrected chi connectivity index (χ3v) is 3.90. The summed E-state index contributed by atoms with van der Waals surface area (Å²) in [6, 6.07) is 3.71. The lowest BCUT2D eigenvalue weighted by Crippen LogP contribution is -2.30. The van der Waals surface area contributed by atoms with Gasteiger partial charge in [-0.05, 0) is 12.1 Å². The molecule has 1 aliphatic heterocycles. The fraction of sp³-hybridized carbons (Fsp3) is 0.500. The lowest BCUT2D eigenvalue weighted by atomic mass is 10.0. The van der Waals surface area contributed by atoms with Gasteiger partial charge >= 0.3 is 0 Å². The van der Waals surface area contributed by atoms with Crippen molar-refractivity contribution in [3.63, 3.8) is 0 Å². The Morgan fingerprint density at radius 2 is 2.48 bits per heavy atom. The number of amides is 1. The van der Waals surface area contributed by atoms with Crippen molar-refractivity contribution in [3.8, 4) is 0 Å². The van der Waals surface area contributed by atoms with E-state index in [4.69, 9.17) is 9.15 Å². The number of ether oxygens (including phenoxy) is 1. The smallest absolute Gasteiger partial charge is 0.223 e. The number of rotatable bonds is 5. The normalized spacial score (nSPS) is 21.9. The van der Waals surface area contributed by atoms with E-state index in [0.717, 1.165) is 11.5 Å². The zero-order valence-corrected chi connectivity index (χ0v) is 11.9. The van der Waals surface area contributed by atoms with Crippen molar-refractivity contribution in [2.45, 2.75) is 24.9 Å². The molecule has 0 saturated carbocycles. The fourth-order valence-corrected chi connectivity index (χ4v) is 2.73. The minimum absolute atomic E-state index is 0.0392. The number of furan rings is 1. The van der Waals surface area contributed by atoms with Crippen LogP contribution >= 0.6 is 0 Å². The third-order valence-electron chi connectivity index (χ3n) is 3.90. The van der Waals surface area contributed by atoms with Crippen molar-refractivity contribution in [1.82, 2.24) is 20.3 Å². The molecule has 0 radical (unpaired) electrons. The van der Waals surface area contributed by atoms with Crippen molar-refractivity contribution in [1.29, 1.82) is 0 Å². The number of likely N-dealkylation sites (tertiary alicyclic amines) is 1. The standard InChI is InChI=1S/C14H18N4O3/c1-20-13-9-18(8-11(13)12-7-15-17-16-12)14(19)5-4-10-3-2-6-21-10/h2-3,6-7,11,13H,4-5,8-9H2,1H3,(H,15,16,17)/t11-,13+/m0/s1. The Morgan fingerprint density at radius 1 is 1.57 bits per heavy atom. The van der Waals surface area contributed by atoms with Gasteiger partial charge in [-0.25, -0.2) is 0 Å². The van der Waals surface area contributed by atoms with Gasteiger partial charge in [0.25, 0.3) is 0 Å². The van der Waals surface area contributed by atoms with Crippen molar-refractivity contribution in [3.05, 3.63) is 36.0 Å². The van der Waals surface area contributed by atoms with E-state index in [1.165, 1.54) is 0 Å². The molecule has 7 heteroatoms. The second kappa shape index (κ2) is 6.09. The number of nitrogens with zero attached hydrogens (tertiary/aromatic N) is 3. The summed E-state index contributed by atoms with van der Waals surface area (Å²) in [5.41, 5.74) is 0.836. The van der Waals surface area contributed by atoms with Gasteiger partial charge < -0.3 is 14.1 Å². The molecule has 112 valence electrons. The first-order valence-corrected chi connectivity index (χ1v) is 6.96. The first-order valence-electron chi connectivity index (χ1n) is 6.96. The number of nitrogens with one attached hydrogen (secondary N) is 1. The fourth-order valence-electron chi connectivity index (χ4n) is 2.73. The van der Waals surface area contributed by atoms with Crippen LogP contribution in [0.5, 0.6) is 0 Å². The van der Waals surface area contributed by atoms with Crippen LogP contribution in [0.2, 0.25) is 0 Å². The average Bonchev–Trinajstić information content (AvgIpc) is 3.24. The number of carbonyl (C=O) groups is 1. The molecule has 0 aliphatic carbocycles. The minimum atomic E-state index is -0.0392. The van der Waals surface area contributed by atoms with Gasteiger partial charge in [0.05, 0.1) is 30.2 Å². The molecule has 1 fully saturated rings. The van der Waals surface area contributed by atoms with Crippen LogP contribution in [0.1, 0.15) is 23.8 Å². The first kappa shape index (κ1) is 13.8. The molecule has 1 amide bonds. The van der Waals surface area contributed by atoms with Gasteiger partial charge in [-0.3, -0.25) is 4.79 Å². The summed E-state index contributed by atoms with van der Waals surface area (Å²) in [6.45, 7) is 1.20. The molecule has 3 heterocycles. The van der Waals surface area contributed by atoms with Gasteiger partial charge in [-0.1, -0.05) is 0 Å². The monoisotopic (exact) mass is 290 g/mol. The molecule has 0 aromatic carbocycles. The highest BCUT2D eigenvalue weighted by molar-refractivity contribution is 5.77. The Hall–Kier alpha value is -2.15. The zero-order chi connectivity index (χ0) is 14.7. The SMILES string of the molecule is CO[C@@H]1CN(C(=O)CCc2ccco2)C[C@H]1c1cn[nH]n1. The maximum atomic E-state index is 12.3.